The highest BCUT2D eigenvalue weighted by atomic mass is 19.1. The highest BCUT2D eigenvalue weighted by Gasteiger charge is 2.47. The van der Waals surface area contributed by atoms with Gasteiger partial charge in [0.05, 0.1) is 13.0 Å². The zero-order valence-electron chi connectivity index (χ0n) is 12.3. The summed E-state index contributed by atoms with van der Waals surface area (Å²) in [5.41, 5.74) is -0.120. The Hall–Kier alpha value is -2.11. The number of hydrogen-bond donors (Lipinski definition) is 1. The van der Waals surface area contributed by atoms with Gasteiger partial charge in [-0.3, -0.25) is 9.59 Å². The lowest BCUT2D eigenvalue weighted by Crippen LogP contribution is -2.31. The normalized spacial score (nSPS) is 24.4. The summed E-state index contributed by atoms with van der Waals surface area (Å²) in [5.74, 6) is -2.07. The minimum absolute atomic E-state index is 0.0285. The van der Waals surface area contributed by atoms with E-state index in [0.717, 1.165) is 12.8 Å². The Kier molecular flexibility index (Phi) is 3.76. The van der Waals surface area contributed by atoms with Crippen molar-refractivity contribution in [3.63, 3.8) is 0 Å². The molecular formula is C16H18FNO4. The molecule has 0 bridgehead atoms. The van der Waals surface area contributed by atoms with Gasteiger partial charge in [0.1, 0.15) is 17.1 Å². The Bertz CT molecular complexity index is 614. The van der Waals surface area contributed by atoms with Crippen LogP contribution in [0.1, 0.15) is 23.2 Å². The van der Waals surface area contributed by atoms with E-state index in [-0.39, 0.29) is 23.8 Å². The van der Waals surface area contributed by atoms with Gasteiger partial charge in [0.2, 0.25) is 0 Å². The van der Waals surface area contributed by atoms with Crippen molar-refractivity contribution >= 4 is 11.9 Å². The highest BCUT2D eigenvalue weighted by molar-refractivity contribution is 5.97. The SMILES string of the molecule is COc1cccc(F)c1C(=O)N1C[C@H](C(=O)O)[C@@H](C2CC2)C1. The largest absolute Gasteiger partial charge is 0.496 e. The summed E-state index contributed by atoms with van der Waals surface area (Å²) in [6.07, 6.45) is 2.03. The molecule has 1 aromatic carbocycles. The average molecular weight is 307 g/mol. The van der Waals surface area contributed by atoms with E-state index in [1.54, 1.807) is 0 Å². The summed E-state index contributed by atoms with van der Waals surface area (Å²) in [6, 6.07) is 4.21. The fraction of sp³-hybridized carbons (Fsp3) is 0.500. The summed E-state index contributed by atoms with van der Waals surface area (Å²) in [4.78, 5) is 25.5. The van der Waals surface area contributed by atoms with Crippen molar-refractivity contribution in [3.8, 4) is 5.75 Å². The van der Waals surface area contributed by atoms with Crippen LogP contribution >= 0.6 is 0 Å². The van der Waals surface area contributed by atoms with Gasteiger partial charge in [0.25, 0.3) is 5.91 Å². The third-order valence-corrected chi connectivity index (χ3v) is 4.61. The van der Waals surface area contributed by atoms with E-state index in [0.29, 0.717) is 12.5 Å². The third-order valence-electron chi connectivity index (χ3n) is 4.61. The Balaban J connectivity index is 1.86. The van der Waals surface area contributed by atoms with Crippen LogP contribution in [0.3, 0.4) is 0 Å². The van der Waals surface area contributed by atoms with Gasteiger partial charge in [-0.15, -0.1) is 0 Å². The lowest BCUT2D eigenvalue weighted by atomic mass is 9.92. The van der Waals surface area contributed by atoms with Crippen molar-refractivity contribution in [1.29, 1.82) is 0 Å². The Morgan fingerprint density at radius 3 is 2.64 bits per heavy atom. The van der Waals surface area contributed by atoms with Gasteiger partial charge in [0, 0.05) is 13.1 Å². The van der Waals surface area contributed by atoms with Crippen LogP contribution < -0.4 is 4.74 Å². The van der Waals surface area contributed by atoms with Crippen LogP contribution in [0.4, 0.5) is 4.39 Å². The number of halogens is 1. The molecule has 5 nitrogen and oxygen atoms in total. The molecule has 1 saturated heterocycles. The zero-order valence-corrected chi connectivity index (χ0v) is 12.3. The highest BCUT2D eigenvalue weighted by Crippen LogP contribution is 2.44. The summed E-state index contributed by atoms with van der Waals surface area (Å²) in [7, 11) is 1.38. The molecule has 0 radical (unpaired) electrons. The van der Waals surface area contributed by atoms with E-state index in [4.69, 9.17) is 4.74 Å². The number of benzene rings is 1. The molecule has 1 aromatic rings. The molecule has 1 aliphatic carbocycles. The third kappa shape index (κ3) is 2.53. The molecule has 1 N–H and O–H groups in total. The second-order valence-electron chi connectivity index (χ2n) is 5.97. The van der Waals surface area contributed by atoms with Gasteiger partial charge in [-0.05, 0) is 36.8 Å². The molecule has 1 amide bonds. The van der Waals surface area contributed by atoms with E-state index < -0.39 is 23.6 Å². The topological polar surface area (TPSA) is 66.8 Å². The smallest absolute Gasteiger partial charge is 0.308 e. The van der Waals surface area contributed by atoms with Crippen molar-refractivity contribution in [3.05, 3.63) is 29.6 Å². The zero-order chi connectivity index (χ0) is 15.9. The van der Waals surface area contributed by atoms with E-state index in [1.807, 2.05) is 0 Å². The van der Waals surface area contributed by atoms with Crippen LogP contribution in [0.5, 0.6) is 5.75 Å². The monoisotopic (exact) mass is 307 g/mol. The predicted octanol–water partition coefficient (Wildman–Crippen LogP) is 2.02. The number of amides is 1. The van der Waals surface area contributed by atoms with Crippen molar-refractivity contribution in [2.75, 3.05) is 20.2 Å². The van der Waals surface area contributed by atoms with Crippen LogP contribution in [0.25, 0.3) is 0 Å². The van der Waals surface area contributed by atoms with Crippen LogP contribution in [0.2, 0.25) is 0 Å². The number of likely N-dealkylation sites (tertiary alicyclic amines) is 1. The first kappa shape index (κ1) is 14.8. The van der Waals surface area contributed by atoms with Crippen LogP contribution in [0.15, 0.2) is 18.2 Å². The van der Waals surface area contributed by atoms with Gasteiger partial charge in [-0.25, -0.2) is 4.39 Å². The number of hydrogen-bond acceptors (Lipinski definition) is 3. The number of rotatable bonds is 4. The molecule has 2 atom stereocenters. The quantitative estimate of drug-likeness (QED) is 0.924. The second-order valence-corrected chi connectivity index (χ2v) is 5.97. The van der Waals surface area contributed by atoms with Crippen molar-refractivity contribution < 1.29 is 23.8 Å². The maximum absolute atomic E-state index is 14.0. The first-order valence-corrected chi connectivity index (χ1v) is 7.37. The standard InChI is InChI=1S/C16H18FNO4/c1-22-13-4-2-3-12(17)14(13)15(19)18-7-10(9-5-6-9)11(8-18)16(20)21/h2-4,9-11H,5-8H2,1H3,(H,20,21)/t10-,11+/m1/s1. The lowest BCUT2D eigenvalue weighted by Gasteiger charge is -2.18. The molecule has 6 heteroatoms. The number of carboxylic acid groups (broad SMARTS) is 1. The molecule has 3 rings (SSSR count). The molecule has 0 spiro atoms. The Morgan fingerprint density at radius 1 is 1.32 bits per heavy atom. The van der Waals surface area contributed by atoms with Crippen LogP contribution in [0, 0.1) is 23.6 Å². The molecule has 1 heterocycles. The van der Waals surface area contributed by atoms with Crippen molar-refractivity contribution in [1.82, 2.24) is 4.90 Å². The van der Waals surface area contributed by atoms with E-state index in [9.17, 15) is 19.1 Å². The van der Waals surface area contributed by atoms with Crippen LogP contribution in [-0.2, 0) is 4.79 Å². The number of carbonyl (C=O) groups excluding carboxylic acids is 1. The fourth-order valence-electron chi connectivity index (χ4n) is 3.30. The fourth-order valence-corrected chi connectivity index (χ4v) is 3.30. The second kappa shape index (κ2) is 5.59. The van der Waals surface area contributed by atoms with Gasteiger partial charge in [-0.2, -0.15) is 0 Å². The van der Waals surface area contributed by atoms with Crippen LogP contribution in [-0.4, -0.2) is 42.1 Å². The molecule has 0 aromatic heterocycles. The number of aliphatic carboxylic acids is 1. The van der Waals surface area contributed by atoms with Gasteiger partial charge >= 0.3 is 5.97 Å². The first-order valence-electron chi connectivity index (χ1n) is 7.37. The maximum atomic E-state index is 14.0. The van der Waals surface area contributed by atoms with E-state index in [1.165, 1.54) is 30.2 Å². The van der Waals surface area contributed by atoms with E-state index >= 15 is 0 Å². The summed E-state index contributed by atoms with van der Waals surface area (Å²) in [5, 5.41) is 9.35. The first-order chi connectivity index (χ1) is 10.5. The molecule has 1 saturated carbocycles. The summed E-state index contributed by atoms with van der Waals surface area (Å²) >= 11 is 0. The molecule has 22 heavy (non-hydrogen) atoms. The summed E-state index contributed by atoms with van der Waals surface area (Å²) in [6.45, 7) is 0.505. The molecule has 2 fully saturated rings. The lowest BCUT2D eigenvalue weighted by molar-refractivity contribution is -0.142. The molecule has 1 aliphatic heterocycles. The van der Waals surface area contributed by atoms with Gasteiger partial charge in [-0.1, -0.05) is 6.07 Å². The molecule has 118 valence electrons. The Morgan fingerprint density at radius 2 is 2.05 bits per heavy atom. The van der Waals surface area contributed by atoms with Crippen molar-refractivity contribution in [2.24, 2.45) is 17.8 Å². The number of ether oxygens (including phenoxy) is 1. The number of methoxy groups -OCH3 is 1. The summed E-state index contributed by atoms with van der Waals surface area (Å²) < 4.78 is 19.1. The number of carbonyl (C=O) groups is 2. The predicted molar refractivity (Wildman–Crippen MR) is 76.2 cm³/mol. The average Bonchev–Trinajstić information content (AvgIpc) is 3.24. The van der Waals surface area contributed by atoms with Crippen molar-refractivity contribution in [2.45, 2.75) is 12.8 Å². The molecular weight excluding hydrogens is 289 g/mol. The minimum atomic E-state index is -0.882. The number of carboxylic acids is 1. The molecule has 2 aliphatic rings. The minimum Gasteiger partial charge on any atom is -0.496 e. The van der Waals surface area contributed by atoms with Gasteiger partial charge in [0.15, 0.2) is 0 Å². The molecule has 0 unspecified atom stereocenters. The maximum Gasteiger partial charge on any atom is 0.308 e. The Labute approximate surface area is 127 Å². The van der Waals surface area contributed by atoms with Gasteiger partial charge < -0.3 is 14.7 Å². The van der Waals surface area contributed by atoms with E-state index in [2.05, 4.69) is 0 Å². The number of nitrogens with zero attached hydrogens (tertiary/aromatic N) is 1.